The molecule has 32 heavy (non-hydrogen) atoms. The van der Waals surface area contributed by atoms with Gasteiger partial charge in [-0.3, -0.25) is 14.5 Å². The molecule has 1 unspecified atom stereocenters. The van der Waals surface area contributed by atoms with Crippen molar-refractivity contribution in [2.75, 3.05) is 37.7 Å². The molecule has 0 radical (unpaired) electrons. The highest BCUT2D eigenvalue weighted by Crippen LogP contribution is 2.33. The van der Waals surface area contributed by atoms with E-state index in [2.05, 4.69) is 20.8 Å². The Hall–Kier alpha value is -2.88. The van der Waals surface area contributed by atoms with Gasteiger partial charge in [0.25, 0.3) is 0 Å². The summed E-state index contributed by atoms with van der Waals surface area (Å²) >= 11 is 0. The predicted octanol–water partition coefficient (Wildman–Crippen LogP) is 1.22. The molecule has 2 atom stereocenters. The van der Waals surface area contributed by atoms with Gasteiger partial charge < -0.3 is 20.1 Å². The van der Waals surface area contributed by atoms with E-state index >= 15 is 0 Å². The highest BCUT2D eigenvalue weighted by molar-refractivity contribution is 6.02. The monoisotopic (exact) mass is 437 g/mol. The summed E-state index contributed by atoms with van der Waals surface area (Å²) in [4.78, 5) is 28.0. The van der Waals surface area contributed by atoms with Crippen LogP contribution < -0.4 is 20.3 Å². The van der Waals surface area contributed by atoms with Crippen LogP contribution in [0.3, 0.4) is 0 Å². The molecule has 3 aliphatic rings. The van der Waals surface area contributed by atoms with Crippen molar-refractivity contribution < 1.29 is 19.1 Å². The second kappa shape index (κ2) is 8.93. The minimum absolute atomic E-state index is 0.00967. The SMILES string of the molecule is O=C(C1CNC1)N(c1ccc(O[C@]2(C(=O)C3CCCO3)CCNC2)cc1)c1ccnnc1. The van der Waals surface area contributed by atoms with Crippen LogP contribution in [0.1, 0.15) is 19.3 Å². The number of rotatable bonds is 7. The second-order valence-electron chi connectivity index (χ2n) is 8.51. The summed E-state index contributed by atoms with van der Waals surface area (Å²) in [5.74, 6) is 0.544. The average Bonchev–Trinajstić information content (AvgIpc) is 3.47. The smallest absolute Gasteiger partial charge is 0.237 e. The molecule has 3 fully saturated rings. The molecule has 3 aliphatic heterocycles. The number of anilines is 2. The van der Waals surface area contributed by atoms with Crippen LogP contribution in [-0.2, 0) is 14.3 Å². The zero-order valence-electron chi connectivity index (χ0n) is 17.8. The van der Waals surface area contributed by atoms with Gasteiger partial charge in [-0.1, -0.05) is 0 Å². The van der Waals surface area contributed by atoms with Gasteiger partial charge in [-0.2, -0.15) is 10.2 Å². The van der Waals surface area contributed by atoms with Crippen molar-refractivity contribution in [2.45, 2.75) is 31.0 Å². The maximum Gasteiger partial charge on any atom is 0.237 e. The molecule has 0 saturated carbocycles. The van der Waals surface area contributed by atoms with Crippen molar-refractivity contribution in [3.63, 3.8) is 0 Å². The first-order valence-electron chi connectivity index (χ1n) is 11.1. The third kappa shape index (κ3) is 3.99. The summed E-state index contributed by atoms with van der Waals surface area (Å²) < 4.78 is 11.9. The lowest BCUT2D eigenvalue weighted by Crippen LogP contribution is -2.51. The maximum absolute atomic E-state index is 13.2. The number of Topliss-reactive ketones (excluding diaryl/α,β-unsaturated/α-hetero) is 1. The van der Waals surface area contributed by atoms with E-state index in [1.54, 1.807) is 23.4 Å². The van der Waals surface area contributed by atoms with E-state index in [1.165, 1.54) is 0 Å². The molecule has 168 valence electrons. The van der Waals surface area contributed by atoms with E-state index in [4.69, 9.17) is 9.47 Å². The third-order valence-corrected chi connectivity index (χ3v) is 6.37. The molecule has 1 aromatic carbocycles. The summed E-state index contributed by atoms with van der Waals surface area (Å²) in [6.45, 7) is 3.14. The Balaban J connectivity index is 1.38. The lowest BCUT2D eigenvalue weighted by molar-refractivity contribution is -0.142. The molecule has 0 aliphatic carbocycles. The quantitative estimate of drug-likeness (QED) is 0.666. The number of ether oxygens (including phenoxy) is 2. The Kier molecular flexibility index (Phi) is 5.86. The molecule has 0 spiro atoms. The number of hydrogen-bond donors (Lipinski definition) is 2. The largest absolute Gasteiger partial charge is 0.478 e. The van der Waals surface area contributed by atoms with Gasteiger partial charge >= 0.3 is 0 Å². The topological polar surface area (TPSA) is 106 Å². The van der Waals surface area contributed by atoms with Crippen LogP contribution in [0.4, 0.5) is 11.4 Å². The van der Waals surface area contributed by atoms with Gasteiger partial charge in [0.15, 0.2) is 5.60 Å². The van der Waals surface area contributed by atoms with Gasteiger partial charge in [0, 0.05) is 38.3 Å². The number of amides is 1. The summed E-state index contributed by atoms with van der Waals surface area (Å²) in [6, 6.07) is 9.07. The number of aromatic nitrogens is 2. The van der Waals surface area contributed by atoms with Crippen molar-refractivity contribution in [2.24, 2.45) is 5.92 Å². The lowest BCUT2D eigenvalue weighted by atomic mass is 9.92. The Morgan fingerprint density at radius 3 is 2.53 bits per heavy atom. The van der Waals surface area contributed by atoms with Crippen LogP contribution in [0.25, 0.3) is 0 Å². The van der Waals surface area contributed by atoms with E-state index in [0.29, 0.717) is 49.8 Å². The second-order valence-corrected chi connectivity index (χ2v) is 8.51. The molecule has 3 saturated heterocycles. The number of carbonyl (C=O) groups excluding carboxylic acids is 2. The van der Waals surface area contributed by atoms with Crippen LogP contribution in [0.2, 0.25) is 0 Å². The fraction of sp³-hybridized carbons (Fsp3) is 0.478. The molecule has 1 aromatic heterocycles. The lowest BCUT2D eigenvalue weighted by Gasteiger charge is -2.33. The predicted molar refractivity (Wildman–Crippen MR) is 117 cm³/mol. The summed E-state index contributed by atoms with van der Waals surface area (Å²) in [5.41, 5.74) is 0.459. The zero-order valence-corrected chi connectivity index (χ0v) is 17.8. The molecule has 2 aromatic rings. The molecule has 1 amide bonds. The molecule has 5 rings (SSSR count). The van der Waals surface area contributed by atoms with Gasteiger partial charge in [0.2, 0.25) is 11.7 Å². The summed E-state index contributed by atoms with van der Waals surface area (Å²) in [5, 5.41) is 14.1. The molecule has 2 N–H and O–H groups in total. The Morgan fingerprint density at radius 1 is 1.09 bits per heavy atom. The van der Waals surface area contributed by atoms with E-state index in [9.17, 15) is 9.59 Å². The Labute approximate surface area is 186 Å². The molecular weight excluding hydrogens is 410 g/mol. The van der Waals surface area contributed by atoms with Crippen molar-refractivity contribution in [1.82, 2.24) is 20.8 Å². The Bertz CT molecular complexity index is 952. The first kappa shape index (κ1) is 21.0. The van der Waals surface area contributed by atoms with Crippen LogP contribution in [0.5, 0.6) is 5.75 Å². The standard InChI is InChI=1S/C23H27N5O4/c29-21(20-2-1-11-31-20)23(8-10-24-15-23)32-19-5-3-17(4-6-19)28(18-7-9-26-27-14-18)22(30)16-12-25-13-16/h3-7,9,14,16,20,24-25H,1-2,8,10-13,15H2/t20?,23-/m1/s1. The van der Waals surface area contributed by atoms with E-state index in [0.717, 1.165) is 19.4 Å². The molecule has 0 bridgehead atoms. The molecular formula is C23H27N5O4. The highest BCUT2D eigenvalue weighted by atomic mass is 16.5. The van der Waals surface area contributed by atoms with E-state index < -0.39 is 11.7 Å². The molecule has 9 nitrogen and oxygen atoms in total. The fourth-order valence-electron chi connectivity index (χ4n) is 4.45. The molecule has 9 heteroatoms. The van der Waals surface area contributed by atoms with Gasteiger partial charge in [0.05, 0.1) is 24.0 Å². The number of nitrogens with one attached hydrogen (secondary N) is 2. The normalized spacial score (nSPS) is 25.3. The minimum Gasteiger partial charge on any atom is -0.478 e. The van der Waals surface area contributed by atoms with Crippen molar-refractivity contribution in [1.29, 1.82) is 0 Å². The summed E-state index contributed by atoms with van der Waals surface area (Å²) in [7, 11) is 0. The first-order valence-corrected chi connectivity index (χ1v) is 11.1. The Morgan fingerprint density at radius 2 is 1.94 bits per heavy atom. The number of carbonyl (C=O) groups is 2. The van der Waals surface area contributed by atoms with Gasteiger partial charge in [-0.15, -0.1) is 0 Å². The van der Waals surface area contributed by atoms with Crippen molar-refractivity contribution in [3.8, 4) is 5.75 Å². The van der Waals surface area contributed by atoms with Crippen LogP contribution in [0.15, 0.2) is 42.7 Å². The van der Waals surface area contributed by atoms with E-state index in [1.807, 2.05) is 24.3 Å². The van der Waals surface area contributed by atoms with Crippen LogP contribution in [0, 0.1) is 5.92 Å². The molecule has 4 heterocycles. The summed E-state index contributed by atoms with van der Waals surface area (Å²) in [6.07, 6.45) is 5.01. The number of benzene rings is 1. The first-order chi connectivity index (χ1) is 15.7. The van der Waals surface area contributed by atoms with Crippen molar-refractivity contribution in [3.05, 3.63) is 42.7 Å². The highest BCUT2D eigenvalue weighted by Gasteiger charge is 2.47. The number of nitrogens with zero attached hydrogens (tertiary/aromatic N) is 3. The van der Waals surface area contributed by atoms with Gasteiger partial charge in [0.1, 0.15) is 11.9 Å². The fourth-order valence-corrected chi connectivity index (χ4v) is 4.45. The maximum atomic E-state index is 13.2. The average molecular weight is 438 g/mol. The minimum atomic E-state index is -0.918. The van der Waals surface area contributed by atoms with Gasteiger partial charge in [-0.05, 0) is 49.7 Å². The van der Waals surface area contributed by atoms with E-state index in [-0.39, 0.29) is 17.6 Å². The number of ketones is 1. The zero-order chi connectivity index (χ0) is 22.0. The third-order valence-electron chi connectivity index (χ3n) is 6.37. The van der Waals surface area contributed by atoms with Crippen LogP contribution >= 0.6 is 0 Å². The van der Waals surface area contributed by atoms with Gasteiger partial charge in [-0.25, -0.2) is 0 Å². The number of hydrogen-bond acceptors (Lipinski definition) is 8. The van der Waals surface area contributed by atoms with Crippen molar-refractivity contribution >= 4 is 23.1 Å². The van der Waals surface area contributed by atoms with Crippen LogP contribution in [-0.4, -0.2) is 66.4 Å².